The van der Waals surface area contributed by atoms with Gasteiger partial charge in [-0.3, -0.25) is 0 Å². The normalized spacial score (nSPS) is 11.6. The molecule has 0 saturated heterocycles. The minimum Gasteiger partial charge on any atom is -0.309 e. The van der Waals surface area contributed by atoms with Gasteiger partial charge in [-0.1, -0.05) is 121 Å². The molecule has 3 aromatic heterocycles. The van der Waals surface area contributed by atoms with Crippen molar-refractivity contribution in [2.24, 2.45) is 0 Å². The van der Waals surface area contributed by atoms with E-state index in [1.165, 1.54) is 14.8 Å². The summed E-state index contributed by atoms with van der Waals surface area (Å²) >= 11 is 1.82. The summed E-state index contributed by atoms with van der Waals surface area (Å²) in [5.74, 6) is 0.577. The number of hydrogen-bond donors (Lipinski definition) is 0. The summed E-state index contributed by atoms with van der Waals surface area (Å²) in [7, 11) is 0. The second-order valence-corrected chi connectivity index (χ2v) is 13.5. The Labute approximate surface area is 291 Å². The molecule has 0 N–H and O–H groups in total. The fourth-order valence-corrected chi connectivity index (χ4v) is 8.62. The Hall–Kier alpha value is -6.61. The number of nitrogens with zero attached hydrogens (tertiary/aromatic N) is 4. The van der Waals surface area contributed by atoms with Gasteiger partial charge in [-0.15, -0.1) is 11.3 Å². The highest BCUT2D eigenvalue weighted by Crippen LogP contribution is 2.48. The zero-order chi connectivity index (χ0) is 33.2. The Morgan fingerprint density at radius 3 is 2.06 bits per heavy atom. The number of benzene rings is 7. The van der Waals surface area contributed by atoms with E-state index in [-0.39, 0.29) is 0 Å². The molecule has 0 aliphatic rings. The Morgan fingerprint density at radius 2 is 1.24 bits per heavy atom. The van der Waals surface area contributed by atoms with E-state index < -0.39 is 0 Å². The molecule has 3 heterocycles. The Balaban J connectivity index is 1.41. The zero-order valence-electron chi connectivity index (χ0n) is 26.7. The van der Waals surface area contributed by atoms with Crippen LogP contribution in [0.4, 0.5) is 0 Å². The van der Waals surface area contributed by atoms with Crippen LogP contribution in [0.2, 0.25) is 0 Å². The Kier molecular flexibility index (Phi) is 6.38. The van der Waals surface area contributed by atoms with Crippen molar-refractivity contribution in [1.29, 1.82) is 5.26 Å². The van der Waals surface area contributed by atoms with Crippen molar-refractivity contribution in [2.45, 2.75) is 0 Å². The van der Waals surface area contributed by atoms with Crippen molar-refractivity contribution in [3.63, 3.8) is 0 Å². The molecule has 50 heavy (non-hydrogen) atoms. The van der Waals surface area contributed by atoms with Crippen LogP contribution in [-0.2, 0) is 0 Å². The largest absolute Gasteiger partial charge is 0.309 e. The van der Waals surface area contributed by atoms with Crippen molar-refractivity contribution in [1.82, 2.24) is 14.5 Å². The molecule has 10 aromatic rings. The molecule has 0 radical (unpaired) electrons. The molecule has 0 unspecified atom stereocenters. The van der Waals surface area contributed by atoms with Crippen LogP contribution in [0.5, 0.6) is 0 Å². The number of nitriles is 1. The summed E-state index contributed by atoms with van der Waals surface area (Å²) in [6.45, 7) is 0. The molecule has 0 aliphatic heterocycles. The molecule has 0 fully saturated rings. The number of thiophene rings is 1. The van der Waals surface area contributed by atoms with Gasteiger partial charge in [0.25, 0.3) is 0 Å². The molecule has 0 bridgehead atoms. The standard InChI is InChI=1S/C45H26N4S/c46-27-37-41(31-24-23-28-13-7-8-16-30(28)25-31)47-45(29-14-3-1-4-15-29)48-42(37)36-26-35-33-19-10-12-22-39(33)50-44(35)40-34-20-9-11-21-38(34)49(43(36)40)32-17-5-2-6-18-32/h1-26H. The fourth-order valence-electron chi connectivity index (χ4n) is 7.38. The summed E-state index contributed by atoms with van der Waals surface area (Å²) in [5, 5.41) is 18.0. The third kappa shape index (κ3) is 4.29. The van der Waals surface area contributed by atoms with Gasteiger partial charge in [0.2, 0.25) is 0 Å². The van der Waals surface area contributed by atoms with Crippen molar-refractivity contribution in [2.75, 3.05) is 0 Å². The van der Waals surface area contributed by atoms with Gasteiger partial charge in [0.15, 0.2) is 5.82 Å². The minimum absolute atomic E-state index is 0.449. The lowest BCUT2D eigenvalue weighted by molar-refractivity contribution is 1.16. The second kappa shape index (κ2) is 11.2. The number of rotatable bonds is 4. The zero-order valence-corrected chi connectivity index (χ0v) is 27.5. The van der Waals surface area contributed by atoms with Crippen LogP contribution in [0.25, 0.3) is 92.3 Å². The molecule has 5 heteroatoms. The summed E-state index contributed by atoms with van der Waals surface area (Å²) in [4.78, 5) is 10.5. The third-order valence-corrected chi connectivity index (χ3v) is 10.8. The first-order chi connectivity index (χ1) is 24.8. The van der Waals surface area contributed by atoms with Gasteiger partial charge in [0.1, 0.15) is 11.6 Å². The van der Waals surface area contributed by atoms with Crippen molar-refractivity contribution >= 4 is 64.1 Å². The highest BCUT2D eigenvalue weighted by Gasteiger charge is 2.26. The van der Waals surface area contributed by atoms with Gasteiger partial charge in [0.05, 0.1) is 22.4 Å². The molecule has 4 nitrogen and oxygen atoms in total. The molecule has 7 aromatic carbocycles. The lowest BCUT2D eigenvalue weighted by atomic mass is 9.95. The molecule has 0 amide bonds. The third-order valence-electron chi connectivity index (χ3n) is 9.62. The van der Waals surface area contributed by atoms with Gasteiger partial charge < -0.3 is 4.57 Å². The van der Waals surface area contributed by atoms with E-state index in [0.29, 0.717) is 22.8 Å². The number of hydrogen-bond acceptors (Lipinski definition) is 4. The fraction of sp³-hybridized carbons (Fsp3) is 0. The Bertz CT molecular complexity index is 2990. The smallest absolute Gasteiger partial charge is 0.160 e. The second-order valence-electron chi connectivity index (χ2n) is 12.5. The van der Waals surface area contributed by atoms with Gasteiger partial charge >= 0.3 is 0 Å². The van der Waals surface area contributed by atoms with Crippen molar-refractivity contribution in [3.05, 3.63) is 163 Å². The van der Waals surface area contributed by atoms with E-state index in [1.54, 1.807) is 0 Å². The molecular weight excluding hydrogens is 629 g/mol. The van der Waals surface area contributed by atoms with Crippen LogP contribution in [-0.4, -0.2) is 14.5 Å². The first kappa shape index (κ1) is 28.4. The lowest BCUT2D eigenvalue weighted by Crippen LogP contribution is -2.03. The van der Waals surface area contributed by atoms with E-state index in [1.807, 2.05) is 59.9 Å². The maximum Gasteiger partial charge on any atom is 0.160 e. The quantitative estimate of drug-likeness (QED) is 0.190. The molecular formula is C45H26N4S. The highest BCUT2D eigenvalue weighted by molar-refractivity contribution is 7.26. The minimum atomic E-state index is 0.449. The number of aromatic nitrogens is 3. The average Bonchev–Trinajstić information content (AvgIpc) is 3.73. The van der Waals surface area contributed by atoms with Crippen LogP contribution in [0.3, 0.4) is 0 Å². The van der Waals surface area contributed by atoms with Crippen LogP contribution in [0.15, 0.2) is 158 Å². The average molecular weight is 655 g/mol. The first-order valence-corrected chi connectivity index (χ1v) is 17.4. The maximum atomic E-state index is 11.1. The van der Waals surface area contributed by atoms with Gasteiger partial charge in [-0.05, 0) is 47.2 Å². The molecule has 10 rings (SSSR count). The summed E-state index contributed by atoms with van der Waals surface area (Å²) in [5.41, 5.74) is 7.52. The monoisotopic (exact) mass is 654 g/mol. The van der Waals surface area contributed by atoms with Crippen LogP contribution in [0, 0.1) is 11.3 Å². The SMILES string of the molecule is N#Cc1c(-c2ccc3ccccc3c2)nc(-c2ccccc2)nc1-c1cc2c3ccccc3sc2c2c3ccccc3n(-c3ccccc3)c12. The van der Waals surface area contributed by atoms with Crippen molar-refractivity contribution < 1.29 is 0 Å². The van der Waals surface area contributed by atoms with E-state index in [0.717, 1.165) is 60.3 Å². The highest BCUT2D eigenvalue weighted by atomic mass is 32.1. The van der Waals surface area contributed by atoms with Crippen molar-refractivity contribution in [3.8, 4) is 45.7 Å². The Morgan fingerprint density at radius 1 is 0.560 bits per heavy atom. The summed E-state index contributed by atoms with van der Waals surface area (Å²) in [6, 6.07) is 57.2. The first-order valence-electron chi connectivity index (χ1n) is 16.6. The number of para-hydroxylation sites is 2. The van der Waals surface area contributed by atoms with E-state index >= 15 is 0 Å². The summed E-state index contributed by atoms with van der Waals surface area (Å²) < 4.78 is 4.79. The topological polar surface area (TPSA) is 54.5 Å². The molecule has 0 atom stereocenters. The van der Waals surface area contributed by atoms with Gasteiger partial charge in [-0.2, -0.15) is 5.26 Å². The van der Waals surface area contributed by atoms with Gasteiger partial charge in [0, 0.05) is 53.3 Å². The lowest BCUT2D eigenvalue weighted by Gasteiger charge is -2.16. The molecule has 232 valence electrons. The predicted molar refractivity (Wildman–Crippen MR) is 208 cm³/mol. The van der Waals surface area contributed by atoms with Crippen LogP contribution >= 0.6 is 11.3 Å². The van der Waals surface area contributed by atoms with Crippen LogP contribution in [0.1, 0.15) is 5.56 Å². The molecule has 0 saturated carbocycles. The maximum absolute atomic E-state index is 11.1. The van der Waals surface area contributed by atoms with Gasteiger partial charge in [-0.25, -0.2) is 9.97 Å². The number of fused-ring (bicyclic) bond motifs is 8. The van der Waals surface area contributed by atoms with Crippen LogP contribution < -0.4 is 0 Å². The van der Waals surface area contributed by atoms with E-state index in [2.05, 4.69) is 120 Å². The predicted octanol–water partition coefficient (Wildman–Crippen LogP) is 12.0. The van der Waals surface area contributed by atoms with E-state index in [4.69, 9.17) is 9.97 Å². The molecule has 0 aliphatic carbocycles. The molecule has 0 spiro atoms. The summed E-state index contributed by atoms with van der Waals surface area (Å²) in [6.07, 6.45) is 0. The van der Waals surface area contributed by atoms with E-state index in [9.17, 15) is 5.26 Å².